The monoisotopic (exact) mass is 595 g/mol. The topological polar surface area (TPSA) is 96.0 Å². The zero-order valence-electron chi connectivity index (χ0n) is 24.0. The molecule has 0 saturated heterocycles. The lowest BCUT2D eigenvalue weighted by molar-refractivity contribution is -0.140. The number of anilines is 1. The molecule has 0 spiro atoms. The number of benzene rings is 3. The van der Waals surface area contributed by atoms with E-state index in [-0.39, 0.29) is 29.1 Å². The molecule has 0 bridgehead atoms. The summed E-state index contributed by atoms with van der Waals surface area (Å²) in [6, 6.07) is 19.1. The number of hydrogen-bond acceptors (Lipinski definition) is 5. The first-order valence-corrected chi connectivity index (χ1v) is 15.7. The number of carbonyl (C=O) groups is 2. The zero-order valence-corrected chi connectivity index (χ0v) is 24.9. The van der Waals surface area contributed by atoms with Crippen LogP contribution in [0.2, 0.25) is 0 Å². The van der Waals surface area contributed by atoms with Gasteiger partial charge in [0.2, 0.25) is 11.8 Å². The summed E-state index contributed by atoms with van der Waals surface area (Å²) in [6.45, 7) is 1.31. The Morgan fingerprint density at radius 3 is 2.31 bits per heavy atom. The summed E-state index contributed by atoms with van der Waals surface area (Å²) in [4.78, 5) is 29.2. The van der Waals surface area contributed by atoms with Gasteiger partial charge in [0.05, 0.1) is 17.7 Å². The third-order valence-electron chi connectivity index (χ3n) is 7.55. The van der Waals surface area contributed by atoms with Crippen LogP contribution in [0.4, 0.5) is 10.1 Å². The van der Waals surface area contributed by atoms with Crippen LogP contribution in [0, 0.1) is 5.82 Å². The van der Waals surface area contributed by atoms with Gasteiger partial charge in [-0.1, -0.05) is 56.5 Å². The second-order valence-electron chi connectivity index (χ2n) is 10.4. The second-order valence-corrected chi connectivity index (χ2v) is 12.3. The van der Waals surface area contributed by atoms with Crippen molar-refractivity contribution in [2.45, 2.75) is 69.0 Å². The van der Waals surface area contributed by atoms with Crippen LogP contribution in [0.25, 0.3) is 0 Å². The first-order chi connectivity index (χ1) is 20.2. The third-order valence-corrected chi connectivity index (χ3v) is 9.34. The fourth-order valence-corrected chi connectivity index (χ4v) is 6.72. The van der Waals surface area contributed by atoms with E-state index in [0.717, 1.165) is 54.1 Å². The summed E-state index contributed by atoms with van der Waals surface area (Å²) in [7, 11) is -2.67. The van der Waals surface area contributed by atoms with Crippen LogP contribution in [0.1, 0.15) is 51.0 Å². The number of amides is 2. The van der Waals surface area contributed by atoms with Crippen molar-refractivity contribution in [2.24, 2.45) is 0 Å². The van der Waals surface area contributed by atoms with E-state index in [9.17, 15) is 22.4 Å². The molecule has 224 valence electrons. The third kappa shape index (κ3) is 7.67. The van der Waals surface area contributed by atoms with Crippen LogP contribution in [0.5, 0.6) is 5.75 Å². The number of methoxy groups -OCH3 is 1. The number of sulfonamides is 1. The van der Waals surface area contributed by atoms with Gasteiger partial charge < -0.3 is 15.0 Å². The molecule has 0 radical (unpaired) electrons. The van der Waals surface area contributed by atoms with Crippen molar-refractivity contribution < 1.29 is 27.1 Å². The van der Waals surface area contributed by atoms with Crippen molar-refractivity contribution in [3.05, 3.63) is 90.2 Å². The van der Waals surface area contributed by atoms with Gasteiger partial charge in [0.1, 0.15) is 24.2 Å². The number of ether oxygens (including phenoxy) is 1. The Morgan fingerprint density at radius 2 is 1.67 bits per heavy atom. The molecule has 0 aromatic heterocycles. The molecule has 1 fully saturated rings. The van der Waals surface area contributed by atoms with Crippen LogP contribution in [-0.2, 0) is 26.2 Å². The van der Waals surface area contributed by atoms with Crippen molar-refractivity contribution in [3.63, 3.8) is 0 Å². The molecule has 3 aromatic rings. The minimum Gasteiger partial charge on any atom is -0.497 e. The van der Waals surface area contributed by atoms with Gasteiger partial charge >= 0.3 is 0 Å². The molecule has 1 saturated carbocycles. The van der Waals surface area contributed by atoms with Gasteiger partial charge in [-0.3, -0.25) is 13.9 Å². The SMILES string of the molecule is CCC(C(=O)NC1CCCCC1)N(Cc1cccc(OC)c1)C(=O)CN(c1ccc(F)cc1)S(=O)(=O)c1ccccc1. The molecule has 1 aliphatic rings. The molecule has 0 aliphatic heterocycles. The molecule has 1 unspecified atom stereocenters. The van der Waals surface area contributed by atoms with Crippen LogP contribution in [-0.4, -0.2) is 50.9 Å². The standard InChI is InChI=1S/C32H38FN3O5S/c1-3-30(32(38)34-26-12-6-4-7-13-26)35(22-24-11-10-14-28(21-24)41-2)31(37)23-36(27-19-17-25(33)18-20-27)42(39,40)29-15-8-5-9-16-29/h5,8-11,14-21,26,30H,3-4,6-7,12-13,22-23H2,1-2H3,(H,34,38). The van der Waals surface area contributed by atoms with Crippen LogP contribution in [0.3, 0.4) is 0 Å². The number of nitrogens with one attached hydrogen (secondary N) is 1. The summed E-state index contributed by atoms with van der Waals surface area (Å²) < 4.78 is 47.8. The number of rotatable bonds is 12. The molecule has 8 nitrogen and oxygen atoms in total. The Kier molecular flexibility index (Phi) is 10.6. The van der Waals surface area contributed by atoms with E-state index >= 15 is 0 Å². The number of hydrogen-bond donors (Lipinski definition) is 1. The van der Waals surface area contributed by atoms with E-state index in [1.54, 1.807) is 43.5 Å². The van der Waals surface area contributed by atoms with Gasteiger partial charge in [0.25, 0.3) is 10.0 Å². The molecule has 1 aliphatic carbocycles. The Balaban J connectivity index is 1.70. The predicted molar refractivity (Wildman–Crippen MR) is 160 cm³/mol. The average molecular weight is 596 g/mol. The summed E-state index contributed by atoms with van der Waals surface area (Å²) >= 11 is 0. The average Bonchev–Trinajstić information content (AvgIpc) is 3.01. The first-order valence-electron chi connectivity index (χ1n) is 14.3. The maximum atomic E-state index is 14.2. The van der Waals surface area contributed by atoms with Crippen molar-refractivity contribution in [1.29, 1.82) is 0 Å². The highest BCUT2D eigenvalue weighted by Crippen LogP contribution is 2.26. The first kappa shape index (κ1) is 31.0. The minimum absolute atomic E-state index is 0.0106. The molecule has 0 heterocycles. The van der Waals surface area contributed by atoms with Crippen molar-refractivity contribution in [2.75, 3.05) is 18.0 Å². The summed E-state index contributed by atoms with van der Waals surface area (Å²) in [5.41, 5.74) is 0.862. The Bertz CT molecular complexity index is 1440. The van der Waals surface area contributed by atoms with Crippen LogP contribution < -0.4 is 14.4 Å². The van der Waals surface area contributed by atoms with E-state index < -0.39 is 34.3 Å². The van der Waals surface area contributed by atoms with Crippen molar-refractivity contribution >= 4 is 27.5 Å². The van der Waals surface area contributed by atoms with Gasteiger partial charge in [-0.2, -0.15) is 0 Å². The maximum absolute atomic E-state index is 14.2. The number of carbonyl (C=O) groups excluding carboxylic acids is 2. The lowest BCUT2D eigenvalue weighted by Crippen LogP contribution is -2.54. The van der Waals surface area contributed by atoms with E-state index in [1.807, 2.05) is 13.0 Å². The number of nitrogens with zero attached hydrogens (tertiary/aromatic N) is 2. The van der Waals surface area contributed by atoms with E-state index in [0.29, 0.717) is 12.2 Å². The van der Waals surface area contributed by atoms with Gasteiger partial charge in [-0.05, 0) is 73.4 Å². The highest BCUT2D eigenvalue weighted by Gasteiger charge is 2.34. The molecule has 4 rings (SSSR count). The fourth-order valence-electron chi connectivity index (χ4n) is 5.29. The minimum atomic E-state index is -4.21. The molecule has 10 heteroatoms. The van der Waals surface area contributed by atoms with E-state index in [4.69, 9.17) is 4.74 Å². The largest absolute Gasteiger partial charge is 0.497 e. The molecule has 2 amide bonds. The van der Waals surface area contributed by atoms with Crippen molar-refractivity contribution in [3.8, 4) is 5.75 Å². The van der Waals surface area contributed by atoms with E-state index in [2.05, 4.69) is 5.32 Å². The molecular weight excluding hydrogens is 557 g/mol. The van der Waals surface area contributed by atoms with Crippen molar-refractivity contribution in [1.82, 2.24) is 10.2 Å². The Hall–Kier alpha value is -3.92. The number of halogens is 1. The summed E-state index contributed by atoms with van der Waals surface area (Å²) in [5.74, 6) is -0.765. The highest BCUT2D eigenvalue weighted by molar-refractivity contribution is 7.92. The van der Waals surface area contributed by atoms with Crippen LogP contribution >= 0.6 is 0 Å². The maximum Gasteiger partial charge on any atom is 0.264 e. The van der Waals surface area contributed by atoms with Gasteiger partial charge in [0.15, 0.2) is 0 Å². The smallest absolute Gasteiger partial charge is 0.264 e. The lowest BCUT2D eigenvalue weighted by Gasteiger charge is -2.34. The normalized spacial score (nSPS) is 14.5. The van der Waals surface area contributed by atoms with Crippen LogP contribution in [0.15, 0.2) is 83.8 Å². The molecule has 42 heavy (non-hydrogen) atoms. The Labute approximate surface area is 247 Å². The lowest BCUT2D eigenvalue weighted by atomic mass is 9.95. The van der Waals surface area contributed by atoms with Gasteiger partial charge in [0, 0.05) is 12.6 Å². The molecule has 3 aromatic carbocycles. The summed E-state index contributed by atoms with van der Waals surface area (Å²) in [6.07, 6.45) is 5.32. The molecule has 1 atom stereocenters. The van der Waals surface area contributed by atoms with Gasteiger partial charge in [-0.15, -0.1) is 0 Å². The Morgan fingerprint density at radius 1 is 0.976 bits per heavy atom. The van der Waals surface area contributed by atoms with E-state index in [1.165, 1.54) is 29.2 Å². The molecule has 1 N–H and O–H groups in total. The highest BCUT2D eigenvalue weighted by atomic mass is 32.2. The quantitative estimate of drug-likeness (QED) is 0.307. The predicted octanol–water partition coefficient (Wildman–Crippen LogP) is 5.29. The summed E-state index contributed by atoms with van der Waals surface area (Å²) in [5, 5.41) is 3.13. The molecular formula is C32H38FN3O5S. The van der Waals surface area contributed by atoms with Gasteiger partial charge in [-0.25, -0.2) is 12.8 Å². The second kappa shape index (κ2) is 14.3. The zero-order chi connectivity index (χ0) is 30.1. The fraction of sp³-hybridized carbons (Fsp3) is 0.375.